The molecule has 1 saturated heterocycles. The fraction of sp³-hybridized carbons (Fsp3) is 0.615. The molecule has 0 spiro atoms. The van der Waals surface area contributed by atoms with E-state index in [0.717, 1.165) is 37.9 Å². The van der Waals surface area contributed by atoms with Gasteiger partial charge in [0.15, 0.2) is 0 Å². The zero-order valence-corrected chi connectivity index (χ0v) is 9.91. The van der Waals surface area contributed by atoms with Gasteiger partial charge in [-0.05, 0) is 42.9 Å². The molecule has 3 heteroatoms. The van der Waals surface area contributed by atoms with Gasteiger partial charge in [-0.15, -0.1) is 0 Å². The van der Waals surface area contributed by atoms with E-state index >= 15 is 0 Å². The van der Waals surface area contributed by atoms with Gasteiger partial charge in [0.25, 0.3) is 0 Å². The molecule has 0 unspecified atom stereocenters. The lowest BCUT2D eigenvalue weighted by Crippen LogP contribution is -2.22. The van der Waals surface area contributed by atoms with Crippen molar-refractivity contribution in [3.05, 3.63) is 23.9 Å². The molecule has 0 saturated carbocycles. The number of anilines is 1. The third kappa shape index (κ3) is 3.20. The highest BCUT2D eigenvalue weighted by atomic mass is 16.5. The van der Waals surface area contributed by atoms with Gasteiger partial charge in [-0.3, -0.25) is 0 Å². The van der Waals surface area contributed by atoms with Gasteiger partial charge in [0.1, 0.15) is 5.82 Å². The second-order valence-corrected chi connectivity index (χ2v) is 4.34. The van der Waals surface area contributed by atoms with E-state index in [0.29, 0.717) is 0 Å². The molecule has 1 N–H and O–H groups in total. The molecule has 0 radical (unpaired) electrons. The monoisotopic (exact) mass is 220 g/mol. The largest absolute Gasteiger partial charge is 0.381 e. The lowest BCUT2D eigenvalue weighted by atomic mass is 10.0. The van der Waals surface area contributed by atoms with E-state index in [9.17, 15) is 0 Å². The van der Waals surface area contributed by atoms with Crippen LogP contribution >= 0.6 is 0 Å². The average molecular weight is 220 g/mol. The fourth-order valence-electron chi connectivity index (χ4n) is 1.99. The van der Waals surface area contributed by atoms with Crippen molar-refractivity contribution in [3.63, 3.8) is 0 Å². The van der Waals surface area contributed by atoms with Gasteiger partial charge in [0.05, 0.1) is 0 Å². The van der Waals surface area contributed by atoms with Gasteiger partial charge >= 0.3 is 0 Å². The Morgan fingerprint density at radius 3 is 3.00 bits per heavy atom. The number of aryl methyl sites for hydroxylation is 1. The summed E-state index contributed by atoms with van der Waals surface area (Å²) in [4.78, 5) is 4.33. The molecule has 88 valence electrons. The van der Waals surface area contributed by atoms with Gasteiger partial charge < -0.3 is 10.1 Å². The molecule has 0 bridgehead atoms. The van der Waals surface area contributed by atoms with E-state index in [1.54, 1.807) is 0 Å². The molecule has 1 fully saturated rings. The summed E-state index contributed by atoms with van der Waals surface area (Å²) in [7, 11) is 0. The molecule has 0 aliphatic carbocycles. The van der Waals surface area contributed by atoms with Crippen molar-refractivity contribution in [2.24, 2.45) is 5.92 Å². The molecule has 1 aromatic heterocycles. The van der Waals surface area contributed by atoms with Crippen molar-refractivity contribution >= 4 is 5.82 Å². The van der Waals surface area contributed by atoms with Crippen molar-refractivity contribution in [2.75, 3.05) is 25.1 Å². The third-order valence-electron chi connectivity index (χ3n) is 3.15. The summed E-state index contributed by atoms with van der Waals surface area (Å²) in [5, 5.41) is 3.42. The van der Waals surface area contributed by atoms with E-state index < -0.39 is 0 Å². The van der Waals surface area contributed by atoms with Crippen LogP contribution < -0.4 is 5.32 Å². The maximum absolute atomic E-state index is 5.34. The summed E-state index contributed by atoms with van der Waals surface area (Å²) in [5.41, 5.74) is 1.34. The molecule has 1 aliphatic heterocycles. The van der Waals surface area contributed by atoms with Crippen LogP contribution in [0, 0.1) is 5.92 Å². The van der Waals surface area contributed by atoms with Crippen LogP contribution in [0.1, 0.15) is 25.3 Å². The Kier molecular flexibility index (Phi) is 4.17. The second-order valence-electron chi connectivity index (χ2n) is 4.34. The molecular formula is C13H20N2O. The van der Waals surface area contributed by atoms with Crippen LogP contribution in [0.3, 0.4) is 0 Å². The maximum atomic E-state index is 5.34. The summed E-state index contributed by atoms with van der Waals surface area (Å²) in [6.45, 7) is 5.00. The van der Waals surface area contributed by atoms with Gasteiger partial charge in [0, 0.05) is 26.0 Å². The number of nitrogens with zero attached hydrogens (tertiary/aromatic N) is 1. The molecule has 2 rings (SSSR count). The van der Waals surface area contributed by atoms with Crippen molar-refractivity contribution < 1.29 is 4.74 Å². The first-order chi connectivity index (χ1) is 7.88. The highest BCUT2D eigenvalue weighted by molar-refractivity contribution is 5.37. The van der Waals surface area contributed by atoms with Gasteiger partial charge in [-0.1, -0.05) is 6.92 Å². The van der Waals surface area contributed by atoms with Gasteiger partial charge in [-0.25, -0.2) is 4.98 Å². The Hall–Kier alpha value is -1.09. The lowest BCUT2D eigenvalue weighted by Gasteiger charge is -2.22. The van der Waals surface area contributed by atoms with Crippen LogP contribution in [-0.4, -0.2) is 24.7 Å². The van der Waals surface area contributed by atoms with Crippen molar-refractivity contribution in [2.45, 2.75) is 26.2 Å². The molecule has 3 nitrogen and oxygen atoms in total. The molecule has 1 aromatic rings. The first kappa shape index (κ1) is 11.4. The zero-order chi connectivity index (χ0) is 11.2. The Morgan fingerprint density at radius 2 is 2.25 bits per heavy atom. The standard InChI is InChI=1S/C13H20N2O/c1-2-11-3-6-14-13(9-11)15-10-12-4-7-16-8-5-12/h3,6,9,12H,2,4-5,7-8,10H2,1H3,(H,14,15). The number of hydrogen-bond donors (Lipinski definition) is 1. The molecular weight excluding hydrogens is 200 g/mol. The van der Waals surface area contributed by atoms with E-state index in [4.69, 9.17) is 4.74 Å². The molecule has 1 aliphatic rings. The smallest absolute Gasteiger partial charge is 0.126 e. The Labute approximate surface area is 97.2 Å². The minimum absolute atomic E-state index is 0.737. The predicted molar refractivity (Wildman–Crippen MR) is 65.6 cm³/mol. The Bertz CT molecular complexity index is 321. The van der Waals surface area contributed by atoms with Crippen LogP contribution in [0.15, 0.2) is 18.3 Å². The lowest BCUT2D eigenvalue weighted by molar-refractivity contribution is 0.0699. The van der Waals surface area contributed by atoms with E-state index in [1.165, 1.54) is 18.4 Å². The second kappa shape index (κ2) is 5.85. The quantitative estimate of drug-likeness (QED) is 0.846. The van der Waals surface area contributed by atoms with E-state index in [2.05, 4.69) is 29.4 Å². The van der Waals surface area contributed by atoms with Crippen LogP contribution in [0.5, 0.6) is 0 Å². The van der Waals surface area contributed by atoms with E-state index in [1.807, 2.05) is 6.20 Å². The molecule has 0 amide bonds. The zero-order valence-electron chi connectivity index (χ0n) is 9.91. The summed E-state index contributed by atoms with van der Waals surface area (Å²) < 4.78 is 5.34. The van der Waals surface area contributed by atoms with Crippen molar-refractivity contribution in [1.82, 2.24) is 4.98 Å². The normalized spacial score (nSPS) is 17.3. The highest BCUT2D eigenvalue weighted by Gasteiger charge is 2.13. The minimum Gasteiger partial charge on any atom is -0.381 e. The van der Waals surface area contributed by atoms with Crippen LogP contribution in [-0.2, 0) is 11.2 Å². The summed E-state index contributed by atoms with van der Waals surface area (Å²) in [6, 6.07) is 4.21. The third-order valence-corrected chi connectivity index (χ3v) is 3.15. The average Bonchev–Trinajstić information content (AvgIpc) is 2.38. The number of ether oxygens (including phenoxy) is 1. The molecule has 0 atom stereocenters. The Balaban J connectivity index is 1.83. The fourth-order valence-corrected chi connectivity index (χ4v) is 1.99. The van der Waals surface area contributed by atoms with Crippen molar-refractivity contribution in [3.8, 4) is 0 Å². The van der Waals surface area contributed by atoms with Crippen LogP contribution in [0.2, 0.25) is 0 Å². The predicted octanol–water partition coefficient (Wildman–Crippen LogP) is 2.48. The number of pyridine rings is 1. The maximum Gasteiger partial charge on any atom is 0.126 e. The molecule has 16 heavy (non-hydrogen) atoms. The van der Waals surface area contributed by atoms with Crippen LogP contribution in [0.4, 0.5) is 5.82 Å². The number of hydrogen-bond acceptors (Lipinski definition) is 3. The number of aromatic nitrogens is 1. The van der Waals surface area contributed by atoms with Gasteiger partial charge in [0.2, 0.25) is 0 Å². The topological polar surface area (TPSA) is 34.2 Å². The summed E-state index contributed by atoms with van der Waals surface area (Å²) in [5.74, 6) is 1.74. The summed E-state index contributed by atoms with van der Waals surface area (Å²) >= 11 is 0. The first-order valence-electron chi connectivity index (χ1n) is 6.15. The van der Waals surface area contributed by atoms with Crippen LogP contribution in [0.25, 0.3) is 0 Å². The van der Waals surface area contributed by atoms with Gasteiger partial charge in [-0.2, -0.15) is 0 Å². The van der Waals surface area contributed by atoms with E-state index in [-0.39, 0.29) is 0 Å². The SMILES string of the molecule is CCc1ccnc(NCC2CCOCC2)c1. The first-order valence-corrected chi connectivity index (χ1v) is 6.15. The molecule has 0 aromatic carbocycles. The molecule has 2 heterocycles. The summed E-state index contributed by atoms with van der Waals surface area (Å²) in [6.07, 6.45) is 5.28. The minimum atomic E-state index is 0.737. The number of nitrogens with one attached hydrogen (secondary N) is 1. The highest BCUT2D eigenvalue weighted by Crippen LogP contribution is 2.15. The van der Waals surface area contributed by atoms with Crippen molar-refractivity contribution in [1.29, 1.82) is 0 Å². The Morgan fingerprint density at radius 1 is 1.44 bits per heavy atom. The number of rotatable bonds is 4.